The van der Waals surface area contributed by atoms with Crippen molar-refractivity contribution in [1.29, 1.82) is 0 Å². The maximum Gasteiger partial charge on any atom is 0.169 e. The Labute approximate surface area is 129 Å². The molecule has 20 heavy (non-hydrogen) atoms. The normalized spacial score (nSPS) is 12.0. The highest BCUT2D eigenvalue weighted by molar-refractivity contribution is 6.31. The van der Waals surface area contributed by atoms with Crippen LogP contribution in [0.1, 0.15) is 13.8 Å². The Bertz CT molecular complexity index is 574. The van der Waals surface area contributed by atoms with Gasteiger partial charge in [0.25, 0.3) is 0 Å². The molecule has 4 heteroatoms. The van der Waals surface area contributed by atoms with Gasteiger partial charge in [-0.1, -0.05) is 35.3 Å². The van der Waals surface area contributed by atoms with Gasteiger partial charge in [0.05, 0.1) is 0 Å². The van der Waals surface area contributed by atoms with Crippen LogP contribution in [0, 0.1) is 0 Å². The number of anilines is 1. The molecule has 0 saturated heterocycles. The lowest BCUT2D eigenvalue weighted by Gasteiger charge is -2.30. The Hall–Kier alpha value is -1.38. The third-order valence-electron chi connectivity index (χ3n) is 3.02. The minimum atomic E-state index is -0.114. The van der Waals surface area contributed by atoms with E-state index in [1.54, 1.807) is 0 Å². The Morgan fingerprint density at radius 1 is 1.05 bits per heavy atom. The molecule has 0 radical (unpaired) electrons. The summed E-state index contributed by atoms with van der Waals surface area (Å²) in [6.07, 6.45) is -0.114. The molecule has 0 aliphatic heterocycles. The summed E-state index contributed by atoms with van der Waals surface area (Å²) in [5.41, 5.74) is 1.04. The van der Waals surface area contributed by atoms with E-state index in [2.05, 4.69) is 11.8 Å². The van der Waals surface area contributed by atoms with Crippen LogP contribution in [0.25, 0.3) is 0 Å². The van der Waals surface area contributed by atoms with Crippen LogP contribution >= 0.6 is 23.2 Å². The molecule has 0 spiro atoms. The van der Waals surface area contributed by atoms with Crippen LogP contribution in [-0.4, -0.2) is 12.8 Å². The van der Waals surface area contributed by atoms with Crippen LogP contribution in [0.4, 0.5) is 5.69 Å². The first-order chi connectivity index (χ1) is 9.60. The van der Waals surface area contributed by atoms with Gasteiger partial charge in [-0.25, -0.2) is 0 Å². The molecule has 0 aliphatic rings. The van der Waals surface area contributed by atoms with Gasteiger partial charge in [0.1, 0.15) is 5.75 Å². The maximum absolute atomic E-state index is 6.05. The molecule has 2 nitrogen and oxygen atoms in total. The first kappa shape index (κ1) is 15.0. The molecule has 0 amide bonds. The highest BCUT2D eigenvalue weighted by Crippen LogP contribution is 2.24. The van der Waals surface area contributed by atoms with Gasteiger partial charge in [-0.15, -0.1) is 0 Å². The number of halogens is 2. The second-order valence-corrected chi connectivity index (χ2v) is 5.31. The molecule has 1 atom stereocenters. The van der Waals surface area contributed by atoms with Gasteiger partial charge < -0.3 is 9.64 Å². The highest BCUT2D eigenvalue weighted by atomic mass is 35.5. The van der Waals surface area contributed by atoms with Gasteiger partial charge in [-0.2, -0.15) is 0 Å². The second-order valence-electron chi connectivity index (χ2n) is 4.44. The van der Waals surface area contributed by atoms with E-state index >= 15 is 0 Å². The minimum Gasteiger partial charge on any atom is -0.471 e. The topological polar surface area (TPSA) is 12.5 Å². The average molecular weight is 310 g/mol. The monoisotopic (exact) mass is 309 g/mol. The van der Waals surface area contributed by atoms with Crippen molar-refractivity contribution in [1.82, 2.24) is 0 Å². The molecule has 0 saturated carbocycles. The minimum absolute atomic E-state index is 0.114. The fourth-order valence-corrected chi connectivity index (χ4v) is 2.47. The van der Waals surface area contributed by atoms with Crippen LogP contribution in [0.5, 0.6) is 5.75 Å². The maximum atomic E-state index is 6.05. The van der Waals surface area contributed by atoms with Crippen molar-refractivity contribution in [3.8, 4) is 5.75 Å². The van der Waals surface area contributed by atoms with E-state index in [9.17, 15) is 0 Å². The molecule has 1 unspecified atom stereocenters. The molecule has 0 aliphatic carbocycles. The number of hydrogen-bond donors (Lipinski definition) is 0. The van der Waals surface area contributed by atoms with Gasteiger partial charge in [-0.3, -0.25) is 0 Å². The SMILES string of the molecule is CCN(c1cccc(Cl)c1)C(C)Oc1cccc(Cl)c1. The molecule has 2 aromatic carbocycles. The van der Waals surface area contributed by atoms with Crippen molar-refractivity contribution >= 4 is 28.9 Å². The number of rotatable bonds is 5. The Kier molecular flexibility index (Phi) is 5.16. The third-order valence-corrected chi connectivity index (χ3v) is 3.49. The summed E-state index contributed by atoms with van der Waals surface area (Å²) in [5.74, 6) is 0.755. The number of benzene rings is 2. The van der Waals surface area contributed by atoms with Crippen molar-refractivity contribution in [2.75, 3.05) is 11.4 Å². The van der Waals surface area contributed by atoms with E-state index in [0.717, 1.165) is 23.0 Å². The zero-order valence-electron chi connectivity index (χ0n) is 11.5. The van der Waals surface area contributed by atoms with Crippen LogP contribution in [0.2, 0.25) is 10.0 Å². The number of ether oxygens (including phenoxy) is 1. The lowest BCUT2D eigenvalue weighted by molar-refractivity contribution is 0.216. The number of hydrogen-bond acceptors (Lipinski definition) is 2. The largest absolute Gasteiger partial charge is 0.471 e. The molecule has 0 N–H and O–H groups in total. The summed E-state index contributed by atoms with van der Waals surface area (Å²) in [6, 6.07) is 15.2. The van der Waals surface area contributed by atoms with Gasteiger partial charge in [0.2, 0.25) is 0 Å². The van der Waals surface area contributed by atoms with Crippen LogP contribution in [0.3, 0.4) is 0 Å². The standard InChI is InChI=1S/C16H17Cl2NO/c1-3-19(15-8-4-6-13(17)10-15)12(2)20-16-9-5-7-14(18)11-16/h4-12H,3H2,1-2H3. The average Bonchev–Trinajstić information content (AvgIpc) is 2.39. The lowest BCUT2D eigenvalue weighted by atomic mass is 10.2. The van der Waals surface area contributed by atoms with Crippen LogP contribution < -0.4 is 9.64 Å². The van der Waals surface area contributed by atoms with Gasteiger partial charge in [0, 0.05) is 22.3 Å². The van der Waals surface area contributed by atoms with Crippen molar-refractivity contribution < 1.29 is 4.74 Å². The zero-order chi connectivity index (χ0) is 14.5. The predicted molar refractivity (Wildman–Crippen MR) is 86.0 cm³/mol. The molecule has 2 aromatic rings. The van der Waals surface area contributed by atoms with Crippen LogP contribution in [-0.2, 0) is 0 Å². The molecule has 0 heterocycles. The molecule has 106 valence electrons. The van der Waals surface area contributed by atoms with Crippen molar-refractivity contribution in [3.63, 3.8) is 0 Å². The molecule has 0 aromatic heterocycles. The Morgan fingerprint density at radius 3 is 2.30 bits per heavy atom. The second kappa shape index (κ2) is 6.87. The van der Waals surface area contributed by atoms with E-state index in [0.29, 0.717) is 5.02 Å². The van der Waals surface area contributed by atoms with E-state index in [4.69, 9.17) is 27.9 Å². The lowest BCUT2D eigenvalue weighted by Crippen LogP contribution is -2.37. The Morgan fingerprint density at radius 2 is 1.70 bits per heavy atom. The van der Waals surface area contributed by atoms with Crippen molar-refractivity contribution in [2.24, 2.45) is 0 Å². The van der Waals surface area contributed by atoms with E-state index in [1.165, 1.54) is 0 Å². The van der Waals surface area contributed by atoms with Gasteiger partial charge in [0.15, 0.2) is 6.23 Å². The van der Waals surface area contributed by atoms with Crippen molar-refractivity contribution in [2.45, 2.75) is 20.1 Å². The third kappa shape index (κ3) is 3.81. The summed E-state index contributed by atoms with van der Waals surface area (Å²) in [5, 5.41) is 1.39. The molecule has 0 fully saturated rings. The van der Waals surface area contributed by atoms with Gasteiger partial charge >= 0.3 is 0 Å². The molecule has 0 bridgehead atoms. The zero-order valence-corrected chi connectivity index (χ0v) is 13.0. The Balaban J connectivity index is 2.15. The van der Waals surface area contributed by atoms with Gasteiger partial charge in [-0.05, 0) is 50.2 Å². The fourth-order valence-electron chi connectivity index (χ4n) is 2.11. The first-order valence-corrected chi connectivity index (χ1v) is 7.30. The quantitative estimate of drug-likeness (QED) is 0.700. The molecular weight excluding hydrogens is 293 g/mol. The summed E-state index contributed by atoms with van der Waals surface area (Å²) in [7, 11) is 0. The summed E-state index contributed by atoms with van der Waals surface area (Å²) >= 11 is 12.0. The molecular formula is C16H17Cl2NO. The highest BCUT2D eigenvalue weighted by Gasteiger charge is 2.14. The van der Waals surface area contributed by atoms with E-state index < -0.39 is 0 Å². The predicted octanol–water partition coefficient (Wildman–Crippen LogP) is 5.24. The number of nitrogens with zero attached hydrogens (tertiary/aromatic N) is 1. The van der Waals surface area contributed by atoms with Crippen LogP contribution in [0.15, 0.2) is 48.5 Å². The summed E-state index contributed by atoms with van der Waals surface area (Å²) < 4.78 is 5.94. The molecule has 2 rings (SSSR count). The van der Waals surface area contributed by atoms with Crippen molar-refractivity contribution in [3.05, 3.63) is 58.6 Å². The first-order valence-electron chi connectivity index (χ1n) is 6.54. The van der Waals surface area contributed by atoms with E-state index in [1.807, 2.05) is 55.5 Å². The smallest absolute Gasteiger partial charge is 0.169 e. The summed E-state index contributed by atoms with van der Waals surface area (Å²) in [6.45, 7) is 4.91. The van der Waals surface area contributed by atoms with E-state index in [-0.39, 0.29) is 6.23 Å². The fraction of sp³-hybridized carbons (Fsp3) is 0.250. The summed E-state index contributed by atoms with van der Waals surface area (Å²) in [4.78, 5) is 2.13.